The van der Waals surface area contributed by atoms with Gasteiger partial charge >= 0.3 is 12.2 Å². The third-order valence-electron chi connectivity index (χ3n) is 8.96. The largest absolute Gasteiger partial charge is 0.448 e. The van der Waals surface area contributed by atoms with Gasteiger partial charge in [-0.1, -0.05) is 109 Å². The normalized spacial score (nSPS) is 14.2. The van der Waals surface area contributed by atoms with Gasteiger partial charge in [-0.25, -0.2) is 24.5 Å². The molecule has 1 heterocycles. The van der Waals surface area contributed by atoms with E-state index in [0.29, 0.717) is 5.82 Å². The lowest BCUT2D eigenvalue weighted by atomic mass is 9.98. The number of aromatic nitrogens is 4. The zero-order chi connectivity index (χ0) is 34.7. The van der Waals surface area contributed by atoms with Crippen molar-refractivity contribution in [2.45, 2.75) is 31.3 Å². The van der Waals surface area contributed by atoms with Crippen LogP contribution in [-0.2, 0) is 16.0 Å². The first kappa shape index (κ1) is 31.5. The number of hydrogen-bond donors (Lipinski definition) is 1. The van der Waals surface area contributed by atoms with Gasteiger partial charge in [-0.3, -0.25) is 5.32 Å². The Labute approximate surface area is 293 Å². The maximum absolute atomic E-state index is 14.0. The summed E-state index contributed by atoms with van der Waals surface area (Å²) in [5, 5.41) is 18.8. The summed E-state index contributed by atoms with van der Waals surface area (Å²) in [7, 11) is 0. The smallest absolute Gasteiger partial charge is 0.417 e. The fourth-order valence-electron chi connectivity index (χ4n) is 6.56. The van der Waals surface area contributed by atoms with Crippen LogP contribution in [0.2, 0.25) is 0 Å². The van der Waals surface area contributed by atoms with Crippen LogP contribution in [-0.4, -0.2) is 69.0 Å². The number of amides is 2. The lowest BCUT2D eigenvalue weighted by Gasteiger charge is -2.24. The molecular weight excluding hydrogens is 644 g/mol. The number of fused-ring (bicyclic) bond motifs is 6. The van der Waals surface area contributed by atoms with Crippen LogP contribution in [0.15, 0.2) is 107 Å². The first-order valence-electron chi connectivity index (χ1n) is 16.4. The van der Waals surface area contributed by atoms with Crippen LogP contribution in [0.1, 0.15) is 45.7 Å². The number of aliphatic imine (C=N–C) groups is 2. The molecule has 2 amide bonds. The van der Waals surface area contributed by atoms with Crippen LogP contribution in [0.3, 0.4) is 0 Å². The van der Waals surface area contributed by atoms with Crippen LogP contribution in [0.4, 0.5) is 9.59 Å². The Bertz CT molecular complexity index is 2180. The molecule has 250 valence electrons. The van der Waals surface area contributed by atoms with Crippen LogP contribution in [0, 0.1) is 18.8 Å². The van der Waals surface area contributed by atoms with Crippen LogP contribution in [0.5, 0.6) is 0 Å². The number of benzene rings is 4. The third kappa shape index (κ3) is 6.52. The van der Waals surface area contributed by atoms with Crippen molar-refractivity contribution in [2.75, 3.05) is 13.2 Å². The number of nitrogens with zero attached hydrogens (tertiary/aromatic N) is 7. The van der Waals surface area contributed by atoms with Crippen molar-refractivity contribution < 1.29 is 19.1 Å². The minimum Gasteiger partial charge on any atom is -0.448 e. The Kier molecular flexibility index (Phi) is 8.43. The van der Waals surface area contributed by atoms with Gasteiger partial charge in [0.15, 0.2) is 17.7 Å². The summed E-state index contributed by atoms with van der Waals surface area (Å²) < 4.78 is 11.8. The molecule has 0 bridgehead atoms. The lowest BCUT2D eigenvalue weighted by molar-refractivity contribution is 0.115. The van der Waals surface area contributed by atoms with E-state index in [4.69, 9.17) is 9.47 Å². The van der Waals surface area contributed by atoms with Crippen molar-refractivity contribution >= 4 is 24.5 Å². The summed E-state index contributed by atoms with van der Waals surface area (Å²) in [6.07, 6.45) is -0.425. The van der Waals surface area contributed by atoms with Crippen molar-refractivity contribution in [1.82, 2.24) is 30.6 Å². The standard InChI is InChI=1S/C39H30N8O4/c1-24-43-45-36(46-44-24)20-47(39(49)51-22-35-32-16-8-4-12-28(32)29-13-5-9-17-33(29)35)37(41-23-40-25-18-19-25)42-38(48)50-21-34-30-14-6-2-10-26(30)27-11-3-7-15-31(27)34/h2-17,23,25,34-35H,20-22H2,1H3,(H,40,41,42,48). The molecule has 12 heteroatoms. The number of aryl methyl sites for hydroxylation is 1. The van der Waals surface area contributed by atoms with Gasteiger partial charge in [-0.05, 0) is 51.4 Å². The molecule has 0 aliphatic heterocycles. The summed E-state index contributed by atoms with van der Waals surface area (Å²) >= 11 is 0. The van der Waals surface area contributed by atoms with E-state index in [2.05, 4.69) is 71.8 Å². The van der Waals surface area contributed by atoms with Crippen molar-refractivity contribution in [2.24, 2.45) is 9.98 Å². The van der Waals surface area contributed by atoms with E-state index in [1.165, 1.54) is 6.34 Å². The van der Waals surface area contributed by atoms with Gasteiger partial charge in [-0.2, -0.15) is 0 Å². The predicted octanol–water partition coefficient (Wildman–Crippen LogP) is 5.63. The van der Waals surface area contributed by atoms with E-state index in [9.17, 15) is 9.59 Å². The summed E-state index contributed by atoms with van der Waals surface area (Å²) in [6.45, 7) is 1.45. The molecule has 0 fully saturated rings. The molecule has 4 aromatic carbocycles. The van der Waals surface area contributed by atoms with Gasteiger partial charge in [0.25, 0.3) is 0 Å². The van der Waals surface area contributed by atoms with Crippen LogP contribution < -0.4 is 5.32 Å². The summed E-state index contributed by atoms with van der Waals surface area (Å²) in [5.41, 5.74) is 8.62. The van der Waals surface area contributed by atoms with E-state index in [1.807, 2.05) is 72.8 Å². The Morgan fingerprint density at radius 3 is 1.69 bits per heavy atom. The van der Waals surface area contributed by atoms with E-state index >= 15 is 0 Å². The van der Waals surface area contributed by atoms with Crippen LogP contribution in [0.25, 0.3) is 22.3 Å². The lowest BCUT2D eigenvalue weighted by Crippen LogP contribution is -2.48. The molecule has 0 unspecified atom stereocenters. The molecule has 3 aliphatic carbocycles. The first-order chi connectivity index (χ1) is 25.0. The average molecular weight is 675 g/mol. The number of carbonyl (C=O) groups excluding carboxylic acids is 2. The van der Waals surface area contributed by atoms with Gasteiger partial charge in [0.05, 0.1) is 6.54 Å². The fourth-order valence-corrected chi connectivity index (χ4v) is 6.56. The molecular formula is C39H30N8O4. The summed E-state index contributed by atoms with van der Waals surface area (Å²) in [5.74, 6) is 5.49. The highest BCUT2D eigenvalue weighted by molar-refractivity contribution is 6.03. The zero-order valence-corrected chi connectivity index (χ0v) is 27.4. The second-order valence-electron chi connectivity index (χ2n) is 12.1. The number of rotatable bonds is 8. The van der Waals surface area contributed by atoms with Crippen molar-refractivity contribution in [3.8, 4) is 34.1 Å². The predicted molar refractivity (Wildman–Crippen MR) is 189 cm³/mol. The molecule has 0 saturated heterocycles. The monoisotopic (exact) mass is 674 g/mol. The number of alkyl carbamates (subject to hydrolysis) is 1. The molecule has 0 radical (unpaired) electrons. The molecule has 8 rings (SSSR count). The minimum atomic E-state index is -0.829. The second kappa shape index (κ2) is 13.6. The van der Waals surface area contributed by atoms with Gasteiger partial charge in [0.2, 0.25) is 5.96 Å². The highest BCUT2D eigenvalue weighted by atomic mass is 16.6. The minimum absolute atomic E-state index is 0.0246. The summed E-state index contributed by atoms with van der Waals surface area (Å²) in [4.78, 5) is 37.2. The molecule has 12 nitrogen and oxygen atoms in total. The first-order valence-corrected chi connectivity index (χ1v) is 16.4. The molecule has 5 aromatic rings. The molecule has 0 spiro atoms. The number of guanidine groups is 1. The second-order valence-corrected chi connectivity index (χ2v) is 12.1. The molecule has 0 atom stereocenters. The van der Waals surface area contributed by atoms with Gasteiger partial charge in [0.1, 0.15) is 19.6 Å². The topological polar surface area (TPSA) is 144 Å². The Hall–Kier alpha value is -6.74. The molecule has 51 heavy (non-hydrogen) atoms. The average Bonchev–Trinajstić information content (AvgIpc) is 3.86. The van der Waals surface area contributed by atoms with Crippen molar-refractivity contribution in [3.63, 3.8) is 0 Å². The molecule has 1 aromatic heterocycles. The van der Waals surface area contributed by atoms with E-state index in [-0.39, 0.29) is 49.4 Å². The van der Waals surface area contributed by atoms with Gasteiger partial charge in [-0.15, -0.1) is 20.4 Å². The van der Waals surface area contributed by atoms with Crippen molar-refractivity contribution in [3.05, 3.63) is 131 Å². The maximum Gasteiger partial charge on any atom is 0.417 e. The highest BCUT2D eigenvalue weighted by Crippen LogP contribution is 2.45. The van der Waals surface area contributed by atoms with Gasteiger partial charge < -0.3 is 9.47 Å². The maximum atomic E-state index is 14.0. The zero-order valence-electron chi connectivity index (χ0n) is 27.4. The van der Waals surface area contributed by atoms with Crippen LogP contribution >= 0.6 is 0 Å². The van der Waals surface area contributed by atoms with E-state index in [1.54, 1.807) is 6.92 Å². The number of nitrogens with one attached hydrogen (secondary N) is 1. The third-order valence-corrected chi connectivity index (χ3v) is 8.96. The molecule has 3 aliphatic rings. The highest BCUT2D eigenvalue weighted by Gasteiger charge is 2.33. The molecule has 1 N–H and O–H groups in total. The summed E-state index contributed by atoms with van der Waals surface area (Å²) in [6, 6.07) is 31.8. The number of ether oxygens (including phenoxy) is 2. The van der Waals surface area contributed by atoms with Crippen molar-refractivity contribution in [1.29, 1.82) is 0 Å². The Morgan fingerprint density at radius 1 is 0.725 bits per heavy atom. The quantitative estimate of drug-likeness (QED) is 0.127. The van der Waals surface area contributed by atoms with E-state index in [0.717, 1.165) is 49.4 Å². The van der Waals surface area contributed by atoms with E-state index < -0.39 is 12.2 Å². The number of hydrogen-bond acceptors (Lipinski definition) is 9. The van der Waals surface area contributed by atoms with Gasteiger partial charge in [0, 0.05) is 11.8 Å². The number of carbonyl (C=O) groups is 2. The Morgan fingerprint density at radius 2 is 1.20 bits per heavy atom. The SMILES string of the molecule is Cc1nnc(CN(C(=O)OCC2c3ccccc3-c3ccccc32)C(=NC=NC2C#C2)NC(=O)OCC2c3ccccc3-c3ccccc32)nn1. The fraction of sp³-hybridized carbons (Fsp3) is 0.179. The molecule has 0 saturated carbocycles. The Balaban J connectivity index is 1.04.